The van der Waals surface area contributed by atoms with Gasteiger partial charge in [-0.05, 0) is 67.9 Å². The Labute approximate surface area is 232 Å². The number of fused-ring (bicyclic) bond motifs is 3. The fraction of sp³-hybridized carbons (Fsp3) is 0.400. The van der Waals surface area contributed by atoms with Crippen LogP contribution in [0.2, 0.25) is 5.02 Å². The maximum absolute atomic E-state index is 16.7. The number of piperazine rings is 1. The monoisotopic (exact) mass is 546 g/mol. The molecule has 7 nitrogen and oxygen atoms in total. The summed E-state index contributed by atoms with van der Waals surface area (Å²) in [4.78, 5) is 16.6. The smallest absolute Gasteiger partial charge is 0.228 e. The van der Waals surface area contributed by atoms with Crippen LogP contribution in [0.25, 0.3) is 32.8 Å². The first kappa shape index (κ1) is 24.8. The Kier molecular flexibility index (Phi) is 6.02. The van der Waals surface area contributed by atoms with Gasteiger partial charge in [0.1, 0.15) is 17.1 Å². The minimum absolute atomic E-state index is 0.0618. The molecule has 2 saturated heterocycles. The normalized spacial score (nSPS) is 21.7. The van der Waals surface area contributed by atoms with Gasteiger partial charge >= 0.3 is 0 Å². The number of anilines is 2. The van der Waals surface area contributed by atoms with Crippen molar-refractivity contribution in [2.45, 2.75) is 37.4 Å². The second kappa shape index (κ2) is 9.47. The van der Waals surface area contributed by atoms with E-state index in [9.17, 15) is 5.11 Å². The molecule has 3 heterocycles. The molecule has 2 unspecified atom stereocenters. The van der Waals surface area contributed by atoms with Crippen molar-refractivity contribution in [3.05, 3.63) is 53.3 Å². The minimum atomic E-state index is -0.485. The number of rotatable bonds is 4. The van der Waals surface area contributed by atoms with Crippen molar-refractivity contribution in [3.8, 4) is 16.9 Å². The number of aromatic hydroxyl groups is 1. The molecule has 0 bridgehead atoms. The van der Waals surface area contributed by atoms with Gasteiger partial charge in [-0.1, -0.05) is 35.9 Å². The SMILES string of the molecule is CN(C)C1CN(c2nc(N3CCNC4CCCC43)c3cc(Cl)c(-c4cc(O)cc5ccccc45)c(F)c3n2)C1. The maximum Gasteiger partial charge on any atom is 0.228 e. The summed E-state index contributed by atoms with van der Waals surface area (Å²) in [7, 11) is 4.15. The second-order valence-electron chi connectivity index (χ2n) is 11.3. The molecule has 1 saturated carbocycles. The number of nitrogens with one attached hydrogen (secondary N) is 1. The minimum Gasteiger partial charge on any atom is -0.508 e. The molecule has 2 N–H and O–H groups in total. The topological polar surface area (TPSA) is 67.8 Å². The van der Waals surface area contributed by atoms with E-state index in [1.807, 2.05) is 30.3 Å². The van der Waals surface area contributed by atoms with Crippen molar-refractivity contribution in [1.82, 2.24) is 20.2 Å². The summed E-state index contributed by atoms with van der Waals surface area (Å²) in [5.41, 5.74) is 1.07. The molecule has 2 aliphatic heterocycles. The molecule has 202 valence electrons. The van der Waals surface area contributed by atoms with Crippen molar-refractivity contribution < 1.29 is 9.50 Å². The fourth-order valence-electron chi connectivity index (χ4n) is 6.57. The number of aromatic nitrogens is 2. The van der Waals surface area contributed by atoms with Gasteiger partial charge in [0.2, 0.25) is 5.95 Å². The zero-order chi connectivity index (χ0) is 26.8. The molecule has 4 aromatic rings. The molecule has 1 aromatic heterocycles. The molecule has 1 aliphatic carbocycles. The highest BCUT2D eigenvalue weighted by Gasteiger charge is 2.38. The molecule has 39 heavy (non-hydrogen) atoms. The molecular formula is C30H32ClFN6O. The number of halogens is 2. The fourth-order valence-corrected chi connectivity index (χ4v) is 6.87. The Bertz CT molecular complexity index is 1590. The summed E-state index contributed by atoms with van der Waals surface area (Å²) < 4.78 is 16.7. The molecule has 0 radical (unpaired) electrons. The Balaban J connectivity index is 1.44. The molecule has 9 heteroatoms. The third-order valence-electron chi connectivity index (χ3n) is 8.75. The summed E-state index contributed by atoms with van der Waals surface area (Å²) in [5, 5.41) is 16.7. The van der Waals surface area contributed by atoms with E-state index < -0.39 is 5.82 Å². The van der Waals surface area contributed by atoms with E-state index in [4.69, 9.17) is 21.6 Å². The van der Waals surface area contributed by atoms with Crippen molar-refractivity contribution >= 4 is 45.0 Å². The summed E-state index contributed by atoms with van der Waals surface area (Å²) in [6.45, 7) is 3.25. The lowest BCUT2D eigenvalue weighted by Gasteiger charge is -2.44. The zero-order valence-electron chi connectivity index (χ0n) is 22.2. The highest BCUT2D eigenvalue weighted by atomic mass is 35.5. The van der Waals surface area contributed by atoms with Gasteiger partial charge in [0, 0.05) is 55.3 Å². The van der Waals surface area contributed by atoms with Crippen LogP contribution in [0.1, 0.15) is 19.3 Å². The average molecular weight is 547 g/mol. The van der Waals surface area contributed by atoms with Crippen molar-refractivity contribution in [2.24, 2.45) is 0 Å². The van der Waals surface area contributed by atoms with Crippen LogP contribution in [0, 0.1) is 5.82 Å². The van der Waals surface area contributed by atoms with Gasteiger partial charge in [0.15, 0.2) is 5.82 Å². The number of likely N-dealkylation sites (N-methyl/N-ethyl adjacent to an activating group) is 1. The van der Waals surface area contributed by atoms with E-state index in [1.54, 1.807) is 12.1 Å². The predicted molar refractivity (Wildman–Crippen MR) is 156 cm³/mol. The maximum atomic E-state index is 16.7. The molecular weight excluding hydrogens is 515 g/mol. The van der Waals surface area contributed by atoms with Crippen LogP contribution in [0.4, 0.5) is 16.2 Å². The van der Waals surface area contributed by atoms with E-state index in [1.165, 1.54) is 0 Å². The van der Waals surface area contributed by atoms with Crippen molar-refractivity contribution in [1.29, 1.82) is 0 Å². The van der Waals surface area contributed by atoms with Gasteiger partial charge in [-0.3, -0.25) is 0 Å². The predicted octanol–water partition coefficient (Wildman–Crippen LogP) is 5.03. The van der Waals surface area contributed by atoms with E-state index in [2.05, 4.69) is 34.1 Å². The van der Waals surface area contributed by atoms with Gasteiger partial charge in [0.05, 0.1) is 5.02 Å². The number of hydrogen-bond donors (Lipinski definition) is 2. The number of phenolic OH excluding ortho intramolecular Hbond substituents is 1. The molecule has 3 aliphatic rings. The van der Waals surface area contributed by atoms with Crippen LogP contribution in [0.5, 0.6) is 5.75 Å². The first-order valence-corrected chi connectivity index (χ1v) is 14.1. The number of phenols is 1. The quantitative estimate of drug-likeness (QED) is 0.372. The summed E-state index contributed by atoms with van der Waals surface area (Å²) in [5.74, 6) is 0.888. The van der Waals surface area contributed by atoms with E-state index in [0.29, 0.717) is 35.0 Å². The number of hydrogen-bond acceptors (Lipinski definition) is 7. The van der Waals surface area contributed by atoms with Crippen LogP contribution < -0.4 is 15.1 Å². The van der Waals surface area contributed by atoms with Gasteiger partial charge < -0.3 is 25.1 Å². The standard InChI is InChI=1S/C30H32ClFN6O/c1-36(2)18-15-37(16-18)30-34-28-22(29(35-30)38-11-10-33-24-8-5-9-25(24)38)14-23(31)26(27(28)32)21-13-19(39)12-17-6-3-4-7-20(17)21/h3-4,6-7,12-14,18,24-25,33,39H,5,8-11,15-16H2,1-2H3. The lowest BCUT2D eigenvalue weighted by atomic mass is 9.96. The first-order chi connectivity index (χ1) is 18.9. The summed E-state index contributed by atoms with van der Waals surface area (Å²) in [6.07, 6.45) is 3.38. The Morgan fingerprint density at radius 1 is 1.08 bits per heavy atom. The number of benzene rings is 3. The molecule has 0 amide bonds. The van der Waals surface area contributed by atoms with Crippen LogP contribution in [0.3, 0.4) is 0 Å². The average Bonchev–Trinajstić information content (AvgIpc) is 3.37. The summed E-state index contributed by atoms with van der Waals surface area (Å²) >= 11 is 6.89. The zero-order valence-corrected chi connectivity index (χ0v) is 22.9. The van der Waals surface area contributed by atoms with Crippen molar-refractivity contribution in [3.63, 3.8) is 0 Å². The van der Waals surface area contributed by atoms with Crippen LogP contribution in [-0.4, -0.2) is 78.4 Å². The number of nitrogens with zero attached hydrogens (tertiary/aromatic N) is 5. The van der Waals surface area contributed by atoms with Gasteiger partial charge in [-0.15, -0.1) is 0 Å². The first-order valence-electron chi connectivity index (χ1n) is 13.7. The highest BCUT2D eigenvalue weighted by Crippen LogP contribution is 2.43. The third-order valence-corrected chi connectivity index (χ3v) is 9.05. The van der Waals surface area contributed by atoms with E-state index in [0.717, 1.165) is 62.0 Å². The Morgan fingerprint density at radius 3 is 2.72 bits per heavy atom. The summed E-state index contributed by atoms with van der Waals surface area (Å²) in [6, 6.07) is 13.8. The highest BCUT2D eigenvalue weighted by molar-refractivity contribution is 6.35. The lowest BCUT2D eigenvalue weighted by molar-refractivity contribution is 0.245. The molecule has 7 rings (SSSR count). The second-order valence-corrected chi connectivity index (χ2v) is 11.7. The van der Waals surface area contributed by atoms with Crippen molar-refractivity contribution in [2.75, 3.05) is 50.1 Å². The largest absolute Gasteiger partial charge is 0.508 e. The third kappa shape index (κ3) is 4.08. The molecule has 2 atom stereocenters. The molecule has 3 fully saturated rings. The van der Waals surface area contributed by atoms with Crippen LogP contribution >= 0.6 is 11.6 Å². The van der Waals surface area contributed by atoms with E-state index >= 15 is 4.39 Å². The van der Waals surface area contributed by atoms with Gasteiger partial charge in [-0.2, -0.15) is 4.98 Å². The van der Waals surface area contributed by atoms with Crippen LogP contribution in [0.15, 0.2) is 42.5 Å². The van der Waals surface area contributed by atoms with Crippen LogP contribution in [-0.2, 0) is 0 Å². The molecule has 0 spiro atoms. The Hall–Kier alpha value is -3.20. The van der Waals surface area contributed by atoms with Gasteiger partial charge in [-0.25, -0.2) is 9.37 Å². The Morgan fingerprint density at radius 2 is 1.90 bits per heavy atom. The van der Waals surface area contributed by atoms with E-state index in [-0.39, 0.29) is 21.9 Å². The lowest BCUT2D eigenvalue weighted by Crippen LogP contribution is -2.58. The molecule has 3 aromatic carbocycles. The van der Waals surface area contributed by atoms with Gasteiger partial charge in [0.25, 0.3) is 0 Å².